The van der Waals surface area contributed by atoms with Gasteiger partial charge in [0.15, 0.2) is 5.78 Å². The highest BCUT2D eigenvalue weighted by molar-refractivity contribution is 6.02. The summed E-state index contributed by atoms with van der Waals surface area (Å²) in [6.45, 7) is 4.03. The average molecular weight is 246 g/mol. The lowest BCUT2D eigenvalue weighted by molar-refractivity contribution is 0.0238. The zero-order valence-corrected chi connectivity index (χ0v) is 11.3. The lowest BCUT2D eigenvalue weighted by Crippen LogP contribution is -2.38. The summed E-state index contributed by atoms with van der Waals surface area (Å²) < 4.78 is 0. The van der Waals surface area contributed by atoms with Gasteiger partial charge in [-0.15, -0.1) is 0 Å². The third-order valence-corrected chi connectivity index (χ3v) is 4.12. The van der Waals surface area contributed by atoms with Crippen LogP contribution >= 0.6 is 0 Å². The number of hydrogen-bond donors (Lipinski definition) is 1. The zero-order chi connectivity index (χ0) is 13.2. The standard InChI is InChI=1S/C16H22O2/c1-12-7-8-14(11-13(12)2)15(17)16(18)9-5-3-4-6-10-16/h7-8,11,18H,3-6,9-10H2,1-2H3. The molecule has 98 valence electrons. The number of aliphatic hydroxyl groups is 1. The largest absolute Gasteiger partial charge is 0.382 e. The van der Waals surface area contributed by atoms with Crippen molar-refractivity contribution in [3.8, 4) is 0 Å². The van der Waals surface area contributed by atoms with E-state index < -0.39 is 5.60 Å². The first-order valence-corrected chi connectivity index (χ1v) is 6.87. The molecule has 1 aromatic rings. The second-order valence-electron chi connectivity index (χ2n) is 5.57. The van der Waals surface area contributed by atoms with Crippen LogP contribution in [-0.4, -0.2) is 16.5 Å². The third kappa shape index (κ3) is 2.64. The van der Waals surface area contributed by atoms with Crippen molar-refractivity contribution < 1.29 is 9.90 Å². The van der Waals surface area contributed by atoms with Gasteiger partial charge in [0.25, 0.3) is 0 Å². The Morgan fingerprint density at radius 3 is 2.22 bits per heavy atom. The Bertz CT molecular complexity index is 440. The zero-order valence-electron chi connectivity index (χ0n) is 11.3. The van der Waals surface area contributed by atoms with E-state index >= 15 is 0 Å². The molecule has 2 nitrogen and oxygen atoms in total. The van der Waals surface area contributed by atoms with E-state index in [1.807, 2.05) is 32.0 Å². The van der Waals surface area contributed by atoms with E-state index in [1.54, 1.807) is 0 Å². The molecule has 0 unspecified atom stereocenters. The maximum absolute atomic E-state index is 12.5. The molecule has 0 saturated heterocycles. The van der Waals surface area contributed by atoms with Gasteiger partial charge in [-0.05, 0) is 43.9 Å². The summed E-state index contributed by atoms with van der Waals surface area (Å²) in [6, 6.07) is 5.71. The fourth-order valence-corrected chi connectivity index (χ4v) is 2.69. The Hall–Kier alpha value is -1.15. The topological polar surface area (TPSA) is 37.3 Å². The van der Waals surface area contributed by atoms with Gasteiger partial charge in [0.2, 0.25) is 0 Å². The molecule has 0 aromatic heterocycles. The van der Waals surface area contributed by atoms with Crippen LogP contribution in [0.5, 0.6) is 0 Å². The van der Waals surface area contributed by atoms with E-state index in [2.05, 4.69) is 0 Å². The summed E-state index contributed by atoms with van der Waals surface area (Å²) in [4.78, 5) is 12.5. The average Bonchev–Trinajstić information content (AvgIpc) is 2.58. The number of benzene rings is 1. The Morgan fingerprint density at radius 1 is 1.06 bits per heavy atom. The van der Waals surface area contributed by atoms with Gasteiger partial charge in [-0.3, -0.25) is 4.79 Å². The maximum Gasteiger partial charge on any atom is 0.194 e. The number of Topliss-reactive ketones (excluding diaryl/α,β-unsaturated/α-hetero) is 1. The Labute approximate surface area is 109 Å². The molecule has 0 bridgehead atoms. The molecule has 0 atom stereocenters. The van der Waals surface area contributed by atoms with E-state index in [0.29, 0.717) is 18.4 Å². The smallest absolute Gasteiger partial charge is 0.194 e. The summed E-state index contributed by atoms with van der Waals surface area (Å²) in [5.41, 5.74) is 1.82. The van der Waals surface area contributed by atoms with Gasteiger partial charge in [-0.2, -0.15) is 0 Å². The molecular weight excluding hydrogens is 224 g/mol. The van der Waals surface area contributed by atoms with Gasteiger partial charge in [-0.25, -0.2) is 0 Å². The number of carbonyl (C=O) groups is 1. The van der Waals surface area contributed by atoms with Gasteiger partial charge >= 0.3 is 0 Å². The molecule has 0 heterocycles. The molecule has 2 heteroatoms. The molecular formula is C16H22O2. The molecule has 0 amide bonds. The minimum atomic E-state index is -1.13. The summed E-state index contributed by atoms with van der Waals surface area (Å²) >= 11 is 0. The summed E-state index contributed by atoms with van der Waals surface area (Å²) in [5, 5.41) is 10.6. The van der Waals surface area contributed by atoms with Crippen LogP contribution in [0.1, 0.15) is 60.0 Å². The first kappa shape index (κ1) is 13.3. The van der Waals surface area contributed by atoms with Gasteiger partial charge in [0.1, 0.15) is 5.60 Å². The van der Waals surface area contributed by atoms with Gasteiger partial charge < -0.3 is 5.11 Å². The molecule has 0 spiro atoms. The fraction of sp³-hybridized carbons (Fsp3) is 0.562. The highest BCUT2D eigenvalue weighted by Crippen LogP contribution is 2.30. The van der Waals surface area contributed by atoms with E-state index in [0.717, 1.165) is 31.2 Å². The van der Waals surface area contributed by atoms with Crippen molar-refractivity contribution in [1.29, 1.82) is 0 Å². The molecule has 1 fully saturated rings. The van der Waals surface area contributed by atoms with Crippen molar-refractivity contribution in [2.45, 2.75) is 58.0 Å². The number of hydrogen-bond acceptors (Lipinski definition) is 2. The van der Waals surface area contributed by atoms with Crippen molar-refractivity contribution in [2.24, 2.45) is 0 Å². The number of aryl methyl sites for hydroxylation is 2. The van der Waals surface area contributed by atoms with E-state index in [4.69, 9.17) is 0 Å². The van der Waals surface area contributed by atoms with Crippen LogP contribution in [-0.2, 0) is 0 Å². The van der Waals surface area contributed by atoms with Crippen LogP contribution in [0.25, 0.3) is 0 Å². The lowest BCUT2D eigenvalue weighted by atomic mass is 9.85. The number of carbonyl (C=O) groups excluding carboxylic acids is 1. The molecule has 1 N–H and O–H groups in total. The van der Waals surface area contributed by atoms with Crippen LogP contribution in [0.15, 0.2) is 18.2 Å². The number of ketones is 1. The van der Waals surface area contributed by atoms with E-state index in [1.165, 1.54) is 5.56 Å². The van der Waals surface area contributed by atoms with Crippen molar-refractivity contribution >= 4 is 5.78 Å². The van der Waals surface area contributed by atoms with Crippen LogP contribution in [0.3, 0.4) is 0 Å². The van der Waals surface area contributed by atoms with E-state index in [-0.39, 0.29) is 5.78 Å². The van der Waals surface area contributed by atoms with Crippen LogP contribution in [0.4, 0.5) is 0 Å². The van der Waals surface area contributed by atoms with Crippen molar-refractivity contribution in [3.05, 3.63) is 34.9 Å². The highest BCUT2D eigenvalue weighted by atomic mass is 16.3. The predicted octanol–water partition coefficient (Wildman–Crippen LogP) is 3.57. The molecule has 1 aliphatic rings. The second kappa shape index (κ2) is 5.23. The van der Waals surface area contributed by atoms with Crippen LogP contribution in [0.2, 0.25) is 0 Å². The quantitative estimate of drug-likeness (QED) is 0.640. The van der Waals surface area contributed by atoms with E-state index in [9.17, 15) is 9.90 Å². The molecule has 1 aliphatic carbocycles. The van der Waals surface area contributed by atoms with Crippen molar-refractivity contribution in [2.75, 3.05) is 0 Å². The van der Waals surface area contributed by atoms with Crippen LogP contribution in [0, 0.1) is 13.8 Å². The maximum atomic E-state index is 12.5. The van der Waals surface area contributed by atoms with Gasteiger partial charge in [0, 0.05) is 5.56 Å². The summed E-state index contributed by atoms with van der Waals surface area (Å²) in [5.74, 6) is -0.0903. The molecule has 0 aliphatic heterocycles. The Kier molecular flexibility index (Phi) is 3.86. The minimum Gasteiger partial charge on any atom is -0.382 e. The third-order valence-electron chi connectivity index (χ3n) is 4.12. The fourth-order valence-electron chi connectivity index (χ4n) is 2.69. The predicted molar refractivity (Wildman–Crippen MR) is 72.9 cm³/mol. The SMILES string of the molecule is Cc1ccc(C(=O)C2(O)CCCCCC2)cc1C. The van der Waals surface area contributed by atoms with Crippen molar-refractivity contribution in [1.82, 2.24) is 0 Å². The minimum absolute atomic E-state index is 0.0903. The Morgan fingerprint density at radius 2 is 1.67 bits per heavy atom. The van der Waals surface area contributed by atoms with Gasteiger partial charge in [0.05, 0.1) is 0 Å². The van der Waals surface area contributed by atoms with Gasteiger partial charge in [-0.1, -0.05) is 37.8 Å². The normalized spacial score (nSPS) is 19.3. The second-order valence-corrected chi connectivity index (χ2v) is 5.57. The highest BCUT2D eigenvalue weighted by Gasteiger charge is 2.36. The molecule has 18 heavy (non-hydrogen) atoms. The lowest BCUT2D eigenvalue weighted by Gasteiger charge is -2.25. The molecule has 0 radical (unpaired) electrons. The number of rotatable bonds is 2. The molecule has 1 saturated carbocycles. The van der Waals surface area contributed by atoms with Crippen molar-refractivity contribution in [3.63, 3.8) is 0 Å². The van der Waals surface area contributed by atoms with Crippen LogP contribution < -0.4 is 0 Å². The summed E-state index contributed by atoms with van der Waals surface area (Å²) in [6.07, 6.45) is 5.38. The monoisotopic (exact) mass is 246 g/mol. The molecule has 2 rings (SSSR count). The molecule has 1 aromatic carbocycles. The first-order valence-electron chi connectivity index (χ1n) is 6.87. The first-order chi connectivity index (χ1) is 8.53. The Balaban J connectivity index is 2.26. The summed E-state index contributed by atoms with van der Waals surface area (Å²) in [7, 11) is 0.